The average molecular weight is 182 g/mol. The molecule has 1 rings (SSSR count). The molecule has 0 unspecified atom stereocenters. The Kier molecular flexibility index (Phi) is 2.33. The molecule has 1 nitrogen and oxygen atoms in total. The van der Waals surface area contributed by atoms with Crippen LogP contribution < -0.4 is 0 Å². The summed E-state index contributed by atoms with van der Waals surface area (Å²) in [7, 11) is 0. The second kappa shape index (κ2) is 3.02. The van der Waals surface area contributed by atoms with Crippen LogP contribution in [0.1, 0.15) is 31.9 Å². The fraction of sp³-hybridized carbons (Fsp3) is 0.455. The van der Waals surface area contributed by atoms with E-state index in [1.165, 1.54) is 12.1 Å². The number of hydrogen-bond acceptors (Lipinski definition) is 1. The van der Waals surface area contributed by atoms with E-state index in [1.54, 1.807) is 6.92 Å². The molecule has 1 N–H and O–H groups in total. The van der Waals surface area contributed by atoms with Crippen molar-refractivity contribution in [3.05, 3.63) is 29.1 Å². The molecule has 1 aromatic carbocycles. The molecule has 0 aliphatic rings. The maximum Gasteiger partial charge on any atom is 0.127 e. The Morgan fingerprint density at radius 2 is 1.77 bits per heavy atom. The van der Waals surface area contributed by atoms with Crippen LogP contribution in [0, 0.1) is 12.7 Å². The van der Waals surface area contributed by atoms with Crippen LogP contribution in [-0.2, 0) is 5.41 Å². The Hall–Kier alpha value is -1.05. The molecule has 0 aromatic heterocycles. The van der Waals surface area contributed by atoms with Gasteiger partial charge >= 0.3 is 0 Å². The van der Waals surface area contributed by atoms with Gasteiger partial charge in [-0.05, 0) is 35.6 Å². The zero-order valence-electron chi connectivity index (χ0n) is 8.48. The molecular formula is C11H15FO. The third kappa shape index (κ3) is 2.00. The molecule has 0 aliphatic heterocycles. The molecule has 0 fully saturated rings. The maximum absolute atomic E-state index is 13.4. The fourth-order valence-electron chi connectivity index (χ4n) is 1.24. The lowest BCUT2D eigenvalue weighted by Gasteiger charge is -2.20. The number of rotatable bonds is 0. The molecule has 0 atom stereocenters. The summed E-state index contributed by atoms with van der Waals surface area (Å²) >= 11 is 0. The van der Waals surface area contributed by atoms with Crippen LogP contribution in [0.25, 0.3) is 0 Å². The van der Waals surface area contributed by atoms with Gasteiger partial charge in [0.25, 0.3) is 0 Å². The summed E-state index contributed by atoms with van der Waals surface area (Å²) in [6.07, 6.45) is 0. The second-order valence-electron chi connectivity index (χ2n) is 4.37. The highest BCUT2D eigenvalue weighted by molar-refractivity contribution is 5.39. The van der Waals surface area contributed by atoms with Gasteiger partial charge < -0.3 is 5.11 Å². The van der Waals surface area contributed by atoms with E-state index in [0.29, 0.717) is 11.1 Å². The van der Waals surface area contributed by atoms with Gasteiger partial charge in [0.05, 0.1) is 0 Å². The molecular weight excluding hydrogens is 167 g/mol. The van der Waals surface area contributed by atoms with Crippen LogP contribution in [0.2, 0.25) is 0 Å². The van der Waals surface area contributed by atoms with Gasteiger partial charge in [-0.15, -0.1) is 0 Å². The zero-order chi connectivity index (χ0) is 10.2. The van der Waals surface area contributed by atoms with E-state index in [1.807, 2.05) is 20.8 Å². The number of phenolic OH excluding ortho intramolecular Hbond substituents is 1. The van der Waals surface area contributed by atoms with Gasteiger partial charge in [-0.2, -0.15) is 0 Å². The smallest absolute Gasteiger partial charge is 0.127 e. The number of aromatic hydroxyl groups is 1. The molecule has 0 amide bonds. The van der Waals surface area contributed by atoms with E-state index < -0.39 is 0 Å². The Balaban J connectivity index is 3.32. The highest BCUT2D eigenvalue weighted by atomic mass is 19.1. The molecule has 0 saturated carbocycles. The van der Waals surface area contributed by atoms with Crippen LogP contribution in [0.5, 0.6) is 5.75 Å². The van der Waals surface area contributed by atoms with Crippen LogP contribution in [0.4, 0.5) is 4.39 Å². The minimum absolute atomic E-state index is 0.159. The minimum Gasteiger partial charge on any atom is -0.508 e. The Morgan fingerprint density at radius 1 is 1.23 bits per heavy atom. The molecule has 0 heterocycles. The lowest BCUT2D eigenvalue weighted by molar-refractivity contribution is 0.458. The van der Waals surface area contributed by atoms with E-state index >= 15 is 0 Å². The van der Waals surface area contributed by atoms with Gasteiger partial charge in [0.15, 0.2) is 0 Å². The molecule has 72 valence electrons. The lowest BCUT2D eigenvalue weighted by Crippen LogP contribution is -2.13. The summed E-state index contributed by atoms with van der Waals surface area (Å²) in [6.45, 7) is 7.44. The van der Waals surface area contributed by atoms with Gasteiger partial charge in [-0.3, -0.25) is 0 Å². The highest BCUT2D eigenvalue weighted by Crippen LogP contribution is 2.30. The number of halogens is 1. The van der Waals surface area contributed by atoms with E-state index in [2.05, 4.69) is 0 Å². The largest absolute Gasteiger partial charge is 0.508 e. The Bertz CT molecular complexity index is 324. The first-order valence-electron chi connectivity index (χ1n) is 4.32. The van der Waals surface area contributed by atoms with Gasteiger partial charge in [0.1, 0.15) is 11.6 Å². The summed E-state index contributed by atoms with van der Waals surface area (Å²) in [4.78, 5) is 0. The maximum atomic E-state index is 13.4. The van der Waals surface area contributed by atoms with Crippen molar-refractivity contribution in [2.24, 2.45) is 0 Å². The number of phenols is 1. The van der Waals surface area contributed by atoms with Crippen molar-refractivity contribution < 1.29 is 9.50 Å². The van der Waals surface area contributed by atoms with Crippen molar-refractivity contribution in [3.8, 4) is 5.75 Å². The third-order valence-electron chi connectivity index (χ3n) is 2.09. The Labute approximate surface area is 78.2 Å². The molecule has 0 bridgehead atoms. The Morgan fingerprint density at radius 3 is 2.23 bits per heavy atom. The topological polar surface area (TPSA) is 20.2 Å². The predicted molar refractivity (Wildman–Crippen MR) is 51.5 cm³/mol. The first-order chi connectivity index (χ1) is 5.82. The summed E-state index contributed by atoms with van der Waals surface area (Å²) < 4.78 is 13.4. The van der Waals surface area contributed by atoms with Crippen molar-refractivity contribution in [1.82, 2.24) is 0 Å². The fourth-order valence-corrected chi connectivity index (χ4v) is 1.24. The monoisotopic (exact) mass is 182 g/mol. The molecule has 1 aromatic rings. The third-order valence-corrected chi connectivity index (χ3v) is 2.09. The molecule has 0 aliphatic carbocycles. The predicted octanol–water partition coefficient (Wildman–Crippen LogP) is 3.14. The van der Waals surface area contributed by atoms with Crippen molar-refractivity contribution in [2.45, 2.75) is 33.1 Å². The van der Waals surface area contributed by atoms with Crippen LogP contribution in [0.15, 0.2) is 12.1 Å². The minimum atomic E-state index is -0.269. The molecule has 13 heavy (non-hydrogen) atoms. The van der Waals surface area contributed by atoms with Gasteiger partial charge in [0.2, 0.25) is 0 Å². The molecule has 0 radical (unpaired) electrons. The first-order valence-corrected chi connectivity index (χ1v) is 4.32. The highest BCUT2D eigenvalue weighted by Gasteiger charge is 2.19. The first kappa shape index (κ1) is 10.0. The van der Waals surface area contributed by atoms with Gasteiger partial charge in [-0.25, -0.2) is 4.39 Å². The normalized spacial score (nSPS) is 11.8. The van der Waals surface area contributed by atoms with Gasteiger partial charge in [-0.1, -0.05) is 20.8 Å². The molecule has 0 spiro atoms. The second-order valence-corrected chi connectivity index (χ2v) is 4.37. The van der Waals surface area contributed by atoms with Crippen LogP contribution in [-0.4, -0.2) is 5.11 Å². The number of aryl methyl sites for hydroxylation is 1. The number of benzene rings is 1. The van der Waals surface area contributed by atoms with Crippen LogP contribution >= 0.6 is 0 Å². The average Bonchev–Trinajstić information content (AvgIpc) is 1.94. The van der Waals surface area contributed by atoms with Crippen molar-refractivity contribution in [1.29, 1.82) is 0 Å². The summed E-state index contributed by atoms with van der Waals surface area (Å²) in [5, 5.41) is 9.42. The van der Waals surface area contributed by atoms with E-state index in [0.717, 1.165) is 0 Å². The zero-order valence-corrected chi connectivity index (χ0v) is 8.48. The van der Waals surface area contributed by atoms with E-state index in [4.69, 9.17) is 0 Å². The van der Waals surface area contributed by atoms with Crippen molar-refractivity contribution >= 4 is 0 Å². The summed E-state index contributed by atoms with van der Waals surface area (Å²) in [5.41, 5.74) is 0.857. The number of hydrogen-bond donors (Lipinski definition) is 1. The van der Waals surface area contributed by atoms with E-state index in [-0.39, 0.29) is 17.0 Å². The van der Waals surface area contributed by atoms with E-state index in [9.17, 15) is 9.50 Å². The van der Waals surface area contributed by atoms with Crippen LogP contribution in [0.3, 0.4) is 0 Å². The molecule has 0 saturated heterocycles. The quantitative estimate of drug-likeness (QED) is 0.653. The lowest BCUT2D eigenvalue weighted by atomic mass is 9.86. The van der Waals surface area contributed by atoms with Crippen molar-refractivity contribution in [3.63, 3.8) is 0 Å². The SMILES string of the molecule is Cc1cc(F)c(C(C)(C)C)cc1O. The van der Waals surface area contributed by atoms with Gasteiger partial charge in [0, 0.05) is 0 Å². The standard InChI is InChI=1S/C11H15FO/c1-7-5-9(12)8(6-10(7)13)11(2,3)4/h5-6,13H,1-4H3. The molecule has 2 heteroatoms. The summed E-state index contributed by atoms with van der Waals surface area (Å²) in [6, 6.07) is 2.88. The van der Waals surface area contributed by atoms with Crippen molar-refractivity contribution in [2.75, 3.05) is 0 Å². The summed E-state index contributed by atoms with van der Waals surface area (Å²) in [5.74, 6) is -0.0888.